The van der Waals surface area contributed by atoms with Crippen LogP contribution in [0.2, 0.25) is 0 Å². The van der Waals surface area contributed by atoms with Crippen molar-refractivity contribution in [3.63, 3.8) is 0 Å². The number of anilines is 2. The Balaban J connectivity index is 2.62. The standard InChI is InChI=1S/C14H20N2O3/c1-9(14(18)19-4)10(2)15-12-5-7-13(8-6-12)16-11(3)17/h5-10,15H,1-4H3,(H,16,17). The highest BCUT2D eigenvalue weighted by molar-refractivity contribution is 5.88. The Morgan fingerprint density at radius 1 is 1.11 bits per heavy atom. The van der Waals surface area contributed by atoms with Gasteiger partial charge >= 0.3 is 5.97 Å². The van der Waals surface area contributed by atoms with Crippen LogP contribution in [0.1, 0.15) is 20.8 Å². The van der Waals surface area contributed by atoms with Crippen LogP contribution < -0.4 is 10.6 Å². The summed E-state index contributed by atoms with van der Waals surface area (Å²) in [6, 6.07) is 7.27. The summed E-state index contributed by atoms with van der Waals surface area (Å²) in [7, 11) is 1.38. The largest absolute Gasteiger partial charge is 0.469 e. The zero-order chi connectivity index (χ0) is 14.4. The van der Waals surface area contributed by atoms with Crippen molar-refractivity contribution < 1.29 is 14.3 Å². The maximum Gasteiger partial charge on any atom is 0.310 e. The first-order chi connectivity index (χ1) is 8.93. The Morgan fingerprint density at radius 2 is 1.63 bits per heavy atom. The monoisotopic (exact) mass is 264 g/mol. The van der Waals surface area contributed by atoms with Gasteiger partial charge < -0.3 is 15.4 Å². The Hall–Kier alpha value is -2.04. The van der Waals surface area contributed by atoms with Gasteiger partial charge in [0.2, 0.25) is 5.91 Å². The minimum absolute atomic E-state index is 0.0425. The summed E-state index contributed by atoms with van der Waals surface area (Å²) in [6.45, 7) is 5.20. The third-order valence-electron chi connectivity index (χ3n) is 2.92. The number of benzene rings is 1. The zero-order valence-electron chi connectivity index (χ0n) is 11.7. The number of hydrogen-bond acceptors (Lipinski definition) is 4. The molecule has 2 unspecified atom stereocenters. The van der Waals surface area contributed by atoms with Crippen molar-refractivity contribution >= 4 is 23.3 Å². The minimum Gasteiger partial charge on any atom is -0.469 e. The molecule has 1 aromatic rings. The first-order valence-electron chi connectivity index (χ1n) is 6.16. The molecule has 0 saturated heterocycles. The first-order valence-corrected chi connectivity index (χ1v) is 6.16. The van der Waals surface area contributed by atoms with Crippen LogP contribution in [-0.2, 0) is 14.3 Å². The van der Waals surface area contributed by atoms with Gasteiger partial charge in [0, 0.05) is 24.3 Å². The summed E-state index contributed by atoms with van der Waals surface area (Å²) >= 11 is 0. The van der Waals surface area contributed by atoms with Crippen molar-refractivity contribution in [2.45, 2.75) is 26.8 Å². The van der Waals surface area contributed by atoms with Gasteiger partial charge in [-0.2, -0.15) is 0 Å². The normalized spacial score (nSPS) is 13.3. The van der Waals surface area contributed by atoms with Crippen LogP contribution in [0.5, 0.6) is 0 Å². The van der Waals surface area contributed by atoms with E-state index in [9.17, 15) is 9.59 Å². The van der Waals surface area contributed by atoms with Gasteiger partial charge in [-0.15, -0.1) is 0 Å². The molecule has 0 aliphatic rings. The average molecular weight is 264 g/mol. The molecule has 1 rings (SSSR count). The molecule has 0 bridgehead atoms. The number of amides is 1. The van der Waals surface area contributed by atoms with Crippen LogP contribution in [-0.4, -0.2) is 25.0 Å². The summed E-state index contributed by atoms with van der Waals surface area (Å²) in [6.07, 6.45) is 0. The van der Waals surface area contributed by atoms with Gasteiger partial charge in [-0.1, -0.05) is 0 Å². The fourth-order valence-corrected chi connectivity index (χ4v) is 1.63. The number of hydrogen-bond donors (Lipinski definition) is 2. The Bertz CT molecular complexity index is 443. The van der Waals surface area contributed by atoms with E-state index in [2.05, 4.69) is 10.6 Å². The Morgan fingerprint density at radius 3 is 2.11 bits per heavy atom. The summed E-state index contributed by atoms with van der Waals surface area (Å²) in [5, 5.41) is 5.92. The number of nitrogens with one attached hydrogen (secondary N) is 2. The van der Waals surface area contributed by atoms with Crippen molar-refractivity contribution in [3.05, 3.63) is 24.3 Å². The average Bonchev–Trinajstić information content (AvgIpc) is 2.38. The molecule has 0 saturated carbocycles. The smallest absolute Gasteiger partial charge is 0.310 e. The van der Waals surface area contributed by atoms with Crippen molar-refractivity contribution in [3.8, 4) is 0 Å². The zero-order valence-corrected chi connectivity index (χ0v) is 11.7. The van der Waals surface area contributed by atoms with E-state index in [0.29, 0.717) is 0 Å². The first kappa shape index (κ1) is 15.0. The van der Waals surface area contributed by atoms with Crippen LogP contribution in [0.3, 0.4) is 0 Å². The maximum atomic E-state index is 11.4. The van der Waals surface area contributed by atoms with Crippen molar-refractivity contribution in [1.82, 2.24) is 0 Å². The molecule has 19 heavy (non-hydrogen) atoms. The fraction of sp³-hybridized carbons (Fsp3) is 0.429. The molecule has 5 nitrogen and oxygen atoms in total. The Kier molecular flexibility index (Phi) is 5.36. The van der Waals surface area contributed by atoms with E-state index in [4.69, 9.17) is 4.74 Å². The lowest BCUT2D eigenvalue weighted by atomic mass is 10.0. The van der Waals surface area contributed by atoms with E-state index < -0.39 is 0 Å². The molecule has 2 N–H and O–H groups in total. The van der Waals surface area contributed by atoms with E-state index in [1.54, 1.807) is 12.1 Å². The highest BCUT2D eigenvalue weighted by atomic mass is 16.5. The molecule has 0 radical (unpaired) electrons. The topological polar surface area (TPSA) is 67.4 Å². The van der Waals surface area contributed by atoms with Crippen LogP contribution >= 0.6 is 0 Å². The molecule has 104 valence electrons. The van der Waals surface area contributed by atoms with Crippen LogP contribution in [0, 0.1) is 5.92 Å². The summed E-state index contributed by atoms with van der Waals surface area (Å²) < 4.78 is 4.71. The van der Waals surface area contributed by atoms with Crippen LogP contribution in [0.4, 0.5) is 11.4 Å². The second-order valence-corrected chi connectivity index (χ2v) is 4.50. The summed E-state index contributed by atoms with van der Waals surface area (Å²) in [5.41, 5.74) is 1.63. The fourth-order valence-electron chi connectivity index (χ4n) is 1.63. The number of methoxy groups -OCH3 is 1. The molecule has 0 spiro atoms. The van der Waals surface area contributed by atoms with E-state index in [-0.39, 0.29) is 23.8 Å². The molecule has 0 fully saturated rings. The molecule has 1 amide bonds. The van der Waals surface area contributed by atoms with E-state index >= 15 is 0 Å². The molecule has 5 heteroatoms. The molecule has 0 aliphatic carbocycles. The van der Waals surface area contributed by atoms with Gasteiger partial charge in [-0.25, -0.2) is 0 Å². The highest BCUT2D eigenvalue weighted by Gasteiger charge is 2.20. The number of carbonyl (C=O) groups excluding carboxylic acids is 2. The van der Waals surface area contributed by atoms with Crippen LogP contribution in [0.15, 0.2) is 24.3 Å². The molecule has 0 aromatic heterocycles. The van der Waals surface area contributed by atoms with Crippen molar-refractivity contribution in [2.75, 3.05) is 17.7 Å². The third kappa shape index (κ3) is 4.62. The molecular weight excluding hydrogens is 244 g/mol. The lowest BCUT2D eigenvalue weighted by molar-refractivity contribution is -0.145. The molecule has 1 aromatic carbocycles. The number of esters is 1. The van der Waals surface area contributed by atoms with Crippen molar-refractivity contribution in [1.29, 1.82) is 0 Å². The SMILES string of the molecule is COC(=O)C(C)C(C)Nc1ccc(NC(C)=O)cc1. The molecule has 0 aliphatic heterocycles. The van der Waals surface area contributed by atoms with E-state index in [1.165, 1.54) is 14.0 Å². The maximum absolute atomic E-state index is 11.4. The minimum atomic E-state index is -0.241. The second kappa shape index (κ2) is 6.78. The third-order valence-corrected chi connectivity index (χ3v) is 2.92. The number of carbonyl (C=O) groups is 2. The highest BCUT2D eigenvalue weighted by Crippen LogP contribution is 2.17. The van der Waals surface area contributed by atoms with E-state index in [0.717, 1.165) is 11.4 Å². The molecule has 0 heterocycles. The van der Waals surface area contributed by atoms with Gasteiger partial charge in [0.15, 0.2) is 0 Å². The number of ether oxygens (including phenoxy) is 1. The number of rotatable bonds is 5. The second-order valence-electron chi connectivity index (χ2n) is 4.50. The summed E-state index contributed by atoms with van der Waals surface area (Å²) in [5.74, 6) is -0.580. The Labute approximate surface area is 113 Å². The van der Waals surface area contributed by atoms with Gasteiger partial charge in [-0.05, 0) is 38.1 Å². The van der Waals surface area contributed by atoms with Crippen molar-refractivity contribution in [2.24, 2.45) is 5.92 Å². The van der Waals surface area contributed by atoms with Crippen LogP contribution in [0.25, 0.3) is 0 Å². The predicted octanol–water partition coefficient (Wildman–Crippen LogP) is 2.25. The summed E-state index contributed by atoms with van der Waals surface area (Å²) in [4.78, 5) is 22.3. The quantitative estimate of drug-likeness (QED) is 0.800. The molecular formula is C14H20N2O3. The molecule has 2 atom stereocenters. The van der Waals surface area contributed by atoms with Gasteiger partial charge in [0.25, 0.3) is 0 Å². The van der Waals surface area contributed by atoms with Gasteiger partial charge in [-0.3, -0.25) is 9.59 Å². The van der Waals surface area contributed by atoms with E-state index in [1.807, 2.05) is 26.0 Å². The van der Waals surface area contributed by atoms with Gasteiger partial charge in [0.1, 0.15) is 0 Å². The lowest BCUT2D eigenvalue weighted by Crippen LogP contribution is -2.30. The lowest BCUT2D eigenvalue weighted by Gasteiger charge is -2.20. The van der Waals surface area contributed by atoms with Gasteiger partial charge in [0.05, 0.1) is 13.0 Å². The predicted molar refractivity (Wildman–Crippen MR) is 75.0 cm³/mol.